The van der Waals surface area contributed by atoms with Gasteiger partial charge in [-0.05, 0) is 53.8 Å². The van der Waals surface area contributed by atoms with Crippen LogP contribution >= 0.6 is 28.5 Å². The Hall–Kier alpha value is -0.0700. The molecule has 4 nitrogen and oxygen atoms in total. The Morgan fingerprint density at radius 3 is 2.05 bits per heavy atom. The van der Waals surface area contributed by atoms with Crippen LogP contribution in [0.5, 0.6) is 11.5 Å². The first-order valence-corrected chi connectivity index (χ1v) is 10.6. The monoisotopic (exact) mass is 364 g/mol. The van der Waals surface area contributed by atoms with Crippen LogP contribution in [0.25, 0.3) is 0 Å². The molecule has 112 valence electrons. The van der Waals surface area contributed by atoms with E-state index in [9.17, 15) is 19.7 Å². The summed E-state index contributed by atoms with van der Waals surface area (Å²) in [4.78, 5) is 10.8. The van der Waals surface area contributed by atoms with Gasteiger partial charge in [0.1, 0.15) is 5.75 Å². The maximum Gasteiger partial charge on any atom is 1.00 e. The summed E-state index contributed by atoms with van der Waals surface area (Å²) < 4.78 is 12.4. The predicted molar refractivity (Wildman–Crippen MR) is 85.0 cm³/mol. The molecule has 2 aromatic rings. The Balaban J connectivity index is 0.00000242. The molecule has 0 fully saturated rings. The molecule has 0 aliphatic rings. The van der Waals surface area contributed by atoms with Gasteiger partial charge < -0.3 is 15.1 Å². The van der Waals surface area contributed by atoms with Crippen LogP contribution in [0.3, 0.4) is 0 Å². The van der Waals surface area contributed by atoms with Crippen molar-refractivity contribution in [1.82, 2.24) is 0 Å². The van der Waals surface area contributed by atoms with E-state index in [1.165, 1.54) is 12.1 Å². The number of aryl methyl sites for hydroxylation is 2. The quantitative estimate of drug-likeness (QED) is 0.624. The second-order valence-electron chi connectivity index (χ2n) is 4.48. The Bertz CT molecular complexity index is 626. The summed E-state index contributed by atoms with van der Waals surface area (Å²) in [5.41, 5.74) is 1.37. The molecule has 8 heteroatoms. The standard InChI is InChI=1S/C14H15O4PS2.Na/c1-9-5-3-7-11(15)13(9)20-19(17,18)21-14-10(2)6-4-8-12(14)16;/h3-8,15-16H,1-2H3,(H,17,18);/q;+1/p-1. The predicted octanol–water partition coefficient (Wildman–Crippen LogP) is 1.07. The van der Waals surface area contributed by atoms with Crippen molar-refractivity contribution in [3.8, 4) is 11.5 Å². The molecule has 1 atom stereocenters. The molecule has 0 heterocycles. The minimum Gasteiger partial charge on any atom is -0.872 e. The van der Waals surface area contributed by atoms with Crippen molar-refractivity contribution in [2.45, 2.75) is 23.6 Å². The van der Waals surface area contributed by atoms with Crippen molar-refractivity contribution in [1.29, 1.82) is 0 Å². The molecule has 0 saturated carbocycles. The summed E-state index contributed by atoms with van der Waals surface area (Å²) in [5, 5.41) is 21.6. The summed E-state index contributed by atoms with van der Waals surface area (Å²) in [5.74, 6) is -4.08. The van der Waals surface area contributed by atoms with Crippen molar-refractivity contribution in [3.05, 3.63) is 47.5 Å². The van der Waals surface area contributed by atoms with Gasteiger partial charge in [-0.1, -0.05) is 36.1 Å². The summed E-state index contributed by atoms with van der Waals surface area (Å²) >= 11 is 1.36. The molecule has 0 aromatic heterocycles. The van der Waals surface area contributed by atoms with Crippen LogP contribution in [0, 0.1) is 13.8 Å². The molecule has 0 bridgehead atoms. The van der Waals surface area contributed by atoms with E-state index < -0.39 is 5.77 Å². The van der Waals surface area contributed by atoms with Crippen LogP contribution in [0.2, 0.25) is 0 Å². The zero-order valence-corrected chi connectivity index (χ0v) is 17.0. The average Bonchev–Trinajstić information content (AvgIpc) is 2.39. The average molecular weight is 364 g/mol. The molecular formula is C14H14NaO4PS2. The van der Waals surface area contributed by atoms with Crippen LogP contribution in [0.1, 0.15) is 11.1 Å². The van der Waals surface area contributed by atoms with Crippen molar-refractivity contribution in [2.75, 3.05) is 0 Å². The van der Waals surface area contributed by atoms with Crippen LogP contribution in [-0.2, 0) is 4.57 Å². The van der Waals surface area contributed by atoms with E-state index in [2.05, 4.69) is 0 Å². The summed E-state index contributed by atoms with van der Waals surface area (Å²) in [7, 11) is 0. The van der Waals surface area contributed by atoms with Gasteiger partial charge in [-0.15, -0.1) is 0 Å². The van der Waals surface area contributed by atoms with Gasteiger partial charge in [0.05, 0.1) is 4.90 Å². The molecule has 0 spiro atoms. The van der Waals surface area contributed by atoms with Crippen molar-refractivity contribution < 1.29 is 49.2 Å². The molecule has 2 rings (SSSR count). The molecule has 22 heavy (non-hydrogen) atoms. The zero-order chi connectivity index (χ0) is 15.6. The summed E-state index contributed by atoms with van der Waals surface area (Å²) in [6, 6.07) is 9.59. The van der Waals surface area contributed by atoms with E-state index in [-0.39, 0.29) is 46.0 Å². The van der Waals surface area contributed by atoms with E-state index in [0.717, 1.165) is 0 Å². The van der Waals surface area contributed by atoms with Gasteiger partial charge in [-0.2, -0.15) is 0 Å². The van der Waals surface area contributed by atoms with Gasteiger partial charge in [-0.3, -0.25) is 4.57 Å². The number of rotatable bonds is 4. The van der Waals surface area contributed by atoms with Gasteiger partial charge in [0.15, 0.2) is 0 Å². The zero-order valence-electron chi connectivity index (χ0n) is 12.4. The van der Waals surface area contributed by atoms with Gasteiger partial charge in [0.25, 0.3) is 0 Å². The number of phenols is 1. The van der Waals surface area contributed by atoms with E-state index in [1.54, 1.807) is 38.1 Å². The van der Waals surface area contributed by atoms with Gasteiger partial charge in [-0.25, -0.2) is 0 Å². The Morgan fingerprint density at radius 2 is 1.50 bits per heavy atom. The SMILES string of the molecule is Cc1cccc([O-])c1SP(=O)(O)Sc1c(C)cccc1O.[Na+]. The third-order valence-electron chi connectivity index (χ3n) is 2.78. The summed E-state index contributed by atoms with van der Waals surface area (Å²) in [6.45, 7) is 3.47. The minimum absolute atomic E-state index is 0. The van der Waals surface area contributed by atoms with Gasteiger partial charge in [0.2, 0.25) is 0 Å². The van der Waals surface area contributed by atoms with E-state index in [4.69, 9.17) is 0 Å². The third-order valence-corrected chi connectivity index (χ3v) is 8.48. The van der Waals surface area contributed by atoms with Crippen molar-refractivity contribution in [2.24, 2.45) is 0 Å². The number of phenolic OH excluding ortho intramolecular Hbond substituents is 1. The fourth-order valence-electron chi connectivity index (χ4n) is 1.75. The molecule has 0 aliphatic carbocycles. The first-order valence-electron chi connectivity index (χ1n) is 6.07. The Kier molecular flexibility index (Phi) is 7.40. The van der Waals surface area contributed by atoms with E-state index in [0.29, 0.717) is 38.8 Å². The van der Waals surface area contributed by atoms with E-state index >= 15 is 0 Å². The number of benzene rings is 2. The molecular weight excluding hydrogens is 350 g/mol. The van der Waals surface area contributed by atoms with Crippen LogP contribution in [-0.4, -0.2) is 10.00 Å². The smallest absolute Gasteiger partial charge is 0.872 e. The van der Waals surface area contributed by atoms with Crippen molar-refractivity contribution >= 4 is 28.5 Å². The Labute approximate surface area is 159 Å². The minimum atomic E-state index is -3.77. The summed E-state index contributed by atoms with van der Waals surface area (Å²) in [6.07, 6.45) is 0. The first kappa shape index (κ1) is 20.0. The van der Waals surface area contributed by atoms with Gasteiger partial charge >= 0.3 is 35.3 Å². The molecule has 0 radical (unpaired) electrons. The number of aromatic hydroxyl groups is 1. The fraction of sp³-hybridized carbons (Fsp3) is 0.143. The van der Waals surface area contributed by atoms with Crippen LogP contribution < -0.4 is 34.7 Å². The topological polar surface area (TPSA) is 80.6 Å². The van der Waals surface area contributed by atoms with E-state index in [1.807, 2.05) is 0 Å². The van der Waals surface area contributed by atoms with Gasteiger partial charge in [0, 0.05) is 4.90 Å². The molecule has 2 N–H and O–H groups in total. The molecule has 0 amide bonds. The second kappa shape index (κ2) is 8.15. The van der Waals surface area contributed by atoms with Crippen LogP contribution in [0.4, 0.5) is 0 Å². The molecule has 1 unspecified atom stereocenters. The van der Waals surface area contributed by atoms with Crippen LogP contribution in [0.15, 0.2) is 46.2 Å². The molecule has 0 saturated heterocycles. The Morgan fingerprint density at radius 1 is 1.00 bits per heavy atom. The number of hydrogen-bond acceptors (Lipinski definition) is 5. The van der Waals surface area contributed by atoms with Crippen molar-refractivity contribution in [3.63, 3.8) is 0 Å². The largest absolute Gasteiger partial charge is 1.00 e. The first-order chi connectivity index (χ1) is 9.80. The normalized spacial score (nSPS) is 13.2. The maximum atomic E-state index is 12.4. The maximum absolute atomic E-state index is 12.4. The number of hydrogen-bond donors (Lipinski definition) is 2. The third kappa shape index (κ3) is 4.96. The molecule has 0 aliphatic heterocycles. The fourth-order valence-corrected chi connectivity index (χ4v) is 7.58. The molecule has 2 aromatic carbocycles. The second-order valence-corrected chi connectivity index (χ2v) is 11.4.